The Bertz CT molecular complexity index is 1430. The van der Waals surface area contributed by atoms with Crippen molar-refractivity contribution in [1.29, 1.82) is 5.26 Å². The van der Waals surface area contributed by atoms with Crippen molar-refractivity contribution in [2.45, 2.75) is 13.8 Å². The first kappa shape index (κ1) is 23.7. The van der Waals surface area contributed by atoms with E-state index in [2.05, 4.69) is 16.4 Å². The Morgan fingerprint density at radius 1 is 1.09 bits per heavy atom. The molecule has 2 heterocycles. The molecule has 1 N–H and O–H groups in total. The van der Waals surface area contributed by atoms with E-state index >= 15 is 0 Å². The standard InChI is InChI=1S/C27H21N3O4S/c1-3-33-27(32)20-11-9-18(10-12-20)23-14-13-22(34-23)15-21(16-28)25-30-24(19-7-5-4-6-8-19)26(35-25)29-17(2)31/h4-15H,3H2,1-2H3,(H,29,31)/b21-15+. The number of amides is 1. The van der Waals surface area contributed by atoms with E-state index in [1.807, 2.05) is 30.3 Å². The lowest BCUT2D eigenvalue weighted by atomic mass is 10.1. The first-order valence-corrected chi connectivity index (χ1v) is 11.6. The molecule has 0 fully saturated rings. The molecule has 2 aromatic heterocycles. The van der Waals surface area contributed by atoms with Crippen molar-refractivity contribution >= 4 is 39.9 Å². The average Bonchev–Trinajstić information content (AvgIpc) is 3.50. The average molecular weight is 484 g/mol. The summed E-state index contributed by atoms with van der Waals surface area (Å²) in [5.41, 5.74) is 2.99. The van der Waals surface area contributed by atoms with Crippen LogP contribution in [-0.2, 0) is 9.53 Å². The Morgan fingerprint density at radius 2 is 1.83 bits per heavy atom. The summed E-state index contributed by atoms with van der Waals surface area (Å²) in [6.07, 6.45) is 1.61. The third-order valence-electron chi connectivity index (χ3n) is 4.91. The zero-order valence-corrected chi connectivity index (χ0v) is 19.9. The number of hydrogen-bond acceptors (Lipinski definition) is 7. The van der Waals surface area contributed by atoms with Crippen LogP contribution < -0.4 is 5.32 Å². The van der Waals surface area contributed by atoms with Gasteiger partial charge in [0, 0.05) is 24.1 Å². The lowest BCUT2D eigenvalue weighted by Gasteiger charge is -2.02. The predicted octanol–water partition coefficient (Wildman–Crippen LogP) is 6.27. The zero-order chi connectivity index (χ0) is 24.8. The molecule has 0 saturated heterocycles. The van der Waals surface area contributed by atoms with Crippen LogP contribution in [0, 0.1) is 11.3 Å². The van der Waals surface area contributed by atoms with Gasteiger partial charge in [-0.25, -0.2) is 9.78 Å². The summed E-state index contributed by atoms with van der Waals surface area (Å²) in [5.74, 6) is 0.470. The van der Waals surface area contributed by atoms with E-state index in [1.54, 1.807) is 49.4 Å². The molecule has 4 aromatic rings. The SMILES string of the molecule is CCOC(=O)c1ccc(-c2ccc(/C=C(\C#N)c3nc(-c4ccccc4)c(NC(C)=O)s3)o2)cc1. The van der Waals surface area contributed by atoms with Gasteiger partial charge in [-0.3, -0.25) is 4.79 Å². The number of rotatable bonds is 7. The minimum Gasteiger partial charge on any atom is -0.462 e. The summed E-state index contributed by atoms with van der Waals surface area (Å²) >= 11 is 1.23. The first-order valence-electron chi connectivity index (χ1n) is 10.8. The van der Waals surface area contributed by atoms with Crippen LogP contribution in [0.25, 0.3) is 34.2 Å². The van der Waals surface area contributed by atoms with Crippen molar-refractivity contribution in [2.75, 3.05) is 11.9 Å². The number of benzene rings is 2. The van der Waals surface area contributed by atoms with E-state index < -0.39 is 0 Å². The number of nitriles is 1. The minimum absolute atomic E-state index is 0.218. The van der Waals surface area contributed by atoms with Gasteiger partial charge in [0.05, 0.1) is 17.7 Å². The quantitative estimate of drug-likeness (QED) is 0.245. The molecule has 8 heteroatoms. The van der Waals surface area contributed by atoms with E-state index in [4.69, 9.17) is 9.15 Å². The van der Waals surface area contributed by atoms with Crippen LogP contribution in [0.1, 0.15) is 35.0 Å². The van der Waals surface area contributed by atoms with E-state index in [0.717, 1.165) is 11.1 Å². The maximum atomic E-state index is 11.8. The molecule has 0 bridgehead atoms. The van der Waals surface area contributed by atoms with Crippen LogP contribution >= 0.6 is 11.3 Å². The number of carbonyl (C=O) groups is 2. The summed E-state index contributed by atoms with van der Waals surface area (Å²) in [6, 6.07) is 22.1. The Morgan fingerprint density at radius 3 is 2.49 bits per heavy atom. The lowest BCUT2D eigenvalue weighted by Crippen LogP contribution is -2.05. The third-order valence-corrected chi connectivity index (χ3v) is 5.91. The second-order valence-corrected chi connectivity index (χ2v) is 8.41. The summed E-state index contributed by atoms with van der Waals surface area (Å²) in [5, 5.41) is 13.7. The highest BCUT2D eigenvalue weighted by Gasteiger charge is 2.17. The van der Waals surface area contributed by atoms with Crippen LogP contribution in [0.4, 0.5) is 5.00 Å². The molecule has 0 radical (unpaired) electrons. The van der Waals surface area contributed by atoms with Gasteiger partial charge in [0.25, 0.3) is 0 Å². The molecule has 0 aliphatic carbocycles. The van der Waals surface area contributed by atoms with Gasteiger partial charge in [-0.2, -0.15) is 5.26 Å². The number of carbonyl (C=O) groups excluding carboxylic acids is 2. The number of nitrogens with one attached hydrogen (secondary N) is 1. The van der Waals surface area contributed by atoms with Crippen LogP contribution in [0.2, 0.25) is 0 Å². The molecule has 174 valence electrons. The highest BCUT2D eigenvalue weighted by Crippen LogP contribution is 2.36. The number of esters is 1. The Hall–Kier alpha value is -4.48. The third kappa shape index (κ3) is 5.54. The summed E-state index contributed by atoms with van der Waals surface area (Å²) < 4.78 is 10.9. The number of allylic oxidation sites excluding steroid dienone is 1. The molecule has 0 aliphatic heterocycles. The van der Waals surface area contributed by atoms with Crippen LogP contribution in [0.3, 0.4) is 0 Å². The zero-order valence-electron chi connectivity index (χ0n) is 19.1. The monoisotopic (exact) mass is 483 g/mol. The van der Waals surface area contributed by atoms with Gasteiger partial charge < -0.3 is 14.5 Å². The molecular weight excluding hydrogens is 462 g/mol. The van der Waals surface area contributed by atoms with Gasteiger partial charge in [0.2, 0.25) is 5.91 Å². The summed E-state index contributed by atoms with van der Waals surface area (Å²) in [7, 11) is 0. The maximum Gasteiger partial charge on any atom is 0.338 e. The van der Waals surface area contributed by atoms with E-state index in [-0.39, 0.29) is 11.9 Å². The lowest BCUT2D eigenvalue weighted by molar-refractivity contribution is -0.114. The van der Waals surface area contributed by atoms with Crippen molar-refractivity contribution in [2.24, 2.45) is 0 Å². The molecule has 0 spiro atoms. The molecule has 0 aliphatic rings. The van der Waals surface area contributed by atoms with Crippen molar-refractivity contribution < 1.29 is 18.7 Å². The number of ether oxygens (including phenoxy) is 1. The first-order chi connectivity index (χ1) is 17.0. The number of thiazole rings is 1. The maximum absolute atomic E-state index is 11.8. The predicted molar refractivity (Wildman–Crippen MR) is 135 cm³/mol. The Balaban J connectivity index is 1.63. The fourth-order valence-electron chi connectivity index (χ4n) is 3.33. The number of anilines is 1. The summed E-state index contributed by atoms with van der Waals surface area (Å²) in [4.78, 5) is 28.2. The largest absolute Gasteiger partial charge is 0.462 e. The second-order valence-electron chi connectivity index (χ2n) is 7.41. The summed E-state index contributed by atoms with van der Waals surface area (Å²) in [6.45, 7) is 3.50. The number of nitrogens with zero attached hydrogens (tertiary/aromatic N) is 2. The van der Waals surface area contributed by atoms with Crippen LogP contribution in [-0.4, -0.2) is 23.5 Å². The van der Waals surface area contributed by atoms with Gasteiger partial charge in [-0.1, -0.05) is 53.8 Å². The molecule has 4 rings (SSSR count). The minimum atomic E-state index is -0.377. The smallest absolute Gasteiger partial charge is 0.338 e. The molecule has 0 atom stereocenters. The topological polar surface area (TPSA) is 105 Å². The number of furan rings is 1. The van der Waals surface area contributed by atoms with Gasteiger partial charge in [-0.05, 0) is 31.2 Å². The molecule has 0 unspecified atom stereocenters. The van der Waals surface area contributed by atoms with Crippen molar-refractivity contribution in [3.63, 3.8) is 0 Å². The van der Waals surface area contributed by atoms with Crippen molar-refractivity contribution in [3.05, 3.63) is 83.1 Å². The molecule has 35 heavy (non-hydrogen) atoms. The van der Waals surface area contributed by atoms with Gasteiger partial charge in [0.1, 0.15) is 33.3 Å². The fourth-order valence-corrected chi connectivity index (χ4v) is 4.33. The van der Waals surface area contributed by atoms with Crippen molar-refractivity contribution in [3.8, 4) is 28.7 Å². The Labute approximate surface area is 206 Å². The van der Waals surface area contributed by atoms with Gasteiger partial charge >= 0.3 is 5.97 Å². The molecule has 1 amide bonds. The molecular formula is C27H21N3O4S. The van der Waals surface area contributed by atoms with Crippen molar-refractivity contribution in [1.82, 2.24) is 4.98 Å². The molecule has 0 saturated carbocycles. The molecule has 7 nitrogen and oxygen atoms in total. The van der Waals surface area contributed by atoms with Gasteiger partial charge in [0.15, 0.2) is 0 Å². The van der Waals surface area contributed by atoms with Crippen LogP contribution in [0.15, 0.2) is 71.1 Å². The molecule has 2 aromatic carbocycles. The fraction of sp³-hybridized carbons (Fsp3) is 0.111. The number of hydrogen-bond donors (Lipinski definition) is 1. The highest BCUT2D eigenvalue weighted by atomic mass is 32.1. The van der Waals surface area contributed by atoms with Gasteiger partial charge in [-0.15, -0.1) is 0 Å². The second kappa shape index (κ2) is 10.6. The van der Waals surface area contributed by atoms with Crippen LogP contribution in [0.5, 0.6) is 0 Å². The highest BCUT2D eigenvalue weighted by molar-refractivity contribution is 7.17. The Kier molecular flexibility index (Phi) is 7.19. The normalized spacial score (nSPS) is 11.1. The number of aromatic nitrogens is 1. The van der Waals surface area contributed by atoms with E-state index in [1.165, 1.54) is 18.3 Å². The van der Waals surface area contributed by atoms with E-state index in [9.17, 15) is 14.9 Å². The van der Waals surface area contributed by atoms with E-state index in [0.29, 0.717) is 45.0 Å².